The van der Waals surface area contributed by atoms with Gasteiger partial charge in [-0.2, -0.15) is 0 Å². The second kappa shape index (κ2) is 25.3. The van der Waals surface area contributed by atoms with Gasteiger partial charge in [0.05, 0.1) is 6.17 Å². The number of hydrogen-bond acceptors (Lipinski definition) is 4. The molecular formula is C36H74N4. The van der Waals surface area contributed by atoms with Crippen LogP contribution in [0, 0.1) is 0 Å². The molecule has 2 N–H and O–H groups in total. The molecule has 0 radical (unpaired) electrons. The van der Waals surface area contributed by atoms with Gasteiger partial charge in [-0.25, -0.2) is 0 Å². The number of rotatable bonds is 26. The van der Waals surface area contributed by atoms with Gasteiger partial charge in [-0.3, -0.25) is 9.80 Å². The fraction of sp³-hybridized carbons (Fsp3) is 1.00. The summed E-state index contributed by atoms with van der Waals surface area (Å²) in [5.74, 6) is 0. The summed E-state index contributed by atoms with van der Waals surface area (Å²) in [6.45, 7) is 14.6. The van der Waals surface area contributed by atoms with Crippen LogP contribution in [0.4, 0.5) is 0 Å². The first-order valence-electron chi connectivity index (χ1n) is 18.7. The summed E-state index contributed by atoms with van der Waals surface area (Å²) in [7, 11) is 0. The maximum absolute atomic E-state index is 3.92. The number of nitrogens with zero attached hydrogens (tertiary/aromatic N) is 2. The minimum Gasteiger partial charge on any atom is -0.314 e. The van der Waals surface area contributed by atoms with Gasteiger partial charge in [0.15, 0.2) is 0 Å². The predicted octanol–water partition coefficient (Wildman–Crippen LogP) is 9.28. The Balaban J connectivity index is 1.69. The molecule has 0 aromatic rings. The van der Waals surface area contributed by atoms with Crippen LogP contribution in [0.5, 0.6) is 0 Å². The largest absolute Gasteiger partial charge is 0.314 e. The number of likely N-dealkylation sites (tertiary alicyclic amines) is 2. The van der Waals surface area contributed by atoms with E-state index >= 15 is 0 Å². The van der Waals surface area contributed by atoms with E-state index in [4.69, 9.17) is 0 Å². The van der Waals surface area contributed by atoms with Crippen LogP contribution in [0.1, 0.15) is 175 Å². The lowest BCUT2D eigenvalue weighted by molar-refractivity contribution is 0.000677. The molecule has 0 bridgehead atoms. The Morgan fingerprint density at radius 1 is 0.450 bits per heavy atom. The Kier molecular flexibility index (Phi) is 22.8. The fourth-order valence-corrected chi connectivity index (χ4v) is 7.11. The van der Waals surface area contributed by atoms with Crippen molar-refractivity contribution in [1.82, 2.24) is 20.4 Å². The highest BCUT2D eigenvalue weighted by atomic mass is 15.4. The lowest BCUT2D eigenvalue weighted by Crippen LogP contribution is -2.56. The first-order chi connectivity index (χ1) is 19.8. The van der Waals surface area contributed by atoms with E-state index in [9.17, 15) is 0 Å². The molecule has 0 amide bonds. The zero-order valence-electron chi connectivity index (χ0n) is 27.8. The zero-order chi connectivity index (χ0) is 28.5. The average Bonchev–Trinajstić information content (AvgIpc) is 2.98. The predicted molar refractivity (Wildman–Crippen MR) is 178 cm³/mol. The molecule has 0 aromatic heterocycles. The van der Waals surface area contributed by atoms with E-state index in [1.807, 2.05) is 0 Å². The maximum Gasteiger partial charge on any atom is 0.0622 e. The van der Waals surface area contributed by atoms with E-state index in [1.54, 1.807) is 0 Å². The van der Waals surface area contributed by atoms with Crippen LogP contribution in [0.2, 0.25) is 0 Å². The molecular weight excluding hydrogens is 488 g/mol. The third-order valence-corrected chi connectivity index (χ3v) is 9.89. The Bertz CT molecular complexity index is 487. The van der Waals surface area contributed by atoms with Crippen molar-refractivity contribution in [3.05, 3.63) is 0 Å². The second-order valence-corrected chi connectivity index (χ2v) is 13.5. The molecule has 2 aliphatic rings. The van der Waals surface area contributed by atoms with Gasteiger partial charge < -0.3 is 10.6 Å². The van der Waals surface area contributed by atoms with Crippen LogP contribution in [0.15, 0.2) is 0 Å². The maximum atomic E-state index is 3.92. The summed E-state index contributed by atoms with van der Waals surface area (Å²) in [5, 5.41) is 7.85. The highest BCUT2D eigenvalue weighted by Gasteiger charge is 2.31. The van der Waals surface area contributed by atoms with Crippen LogP contribution in [0.25, 0.3) is 0 Å². The summed E-state index contributed by atoms with van der Waals surface area (Å²) >= 11 is 0. The molecule has 2 aliphatic heterocycles. The molecule has 0 saturated carbocycles. The Morgan fingerprint density at radius 2 is 0.775 bits per heavy atom. The van der Waals surface area contributed by atoms with Gasteiger partial charge in [0.1, 0.15) is 0 Å². The minimum atomic E-state index is 0.690. The van der Waals surface area contributed by atoms with Crippen molar-refractivity contribution >= 4 is 0 Å². The van der Waals surface area contributed by atoms with Gasteiger partial charge in [-0.05, 0) is 58.0 Å². The van der Waals surface area contributed by atoms with E-state index in [0.29, 0.717) is 6.17 Å². The molecule has 0 atom stereocenters. The molecule has 238 valence electrons. The monoisotopic (exact) mass is 563 g/mol. The molecule has 4 nitrogen and oxygen atoms in total. The molecule has 0 aliphatic carbocycles. The average molecular weight is 563 g/mol. The number of piperidine rings is 2. The SMILES string of the molecule is CCCCCCCCCC(N1CCC(NCCCCCCCC)CC1)N1CCC(NCCCCCCCC)CC1. The van der Waals surface area contributed by atoms with Crippen LogP contribution in [-0.4, -0.2) is 67.3 Å². The topological polar surface area (TPSA) is 30.5 Å². The summed E-state index contributed by atoms with van der Waals surface area (Å²) in [5.41, 5.74) is 0. The van der Waals surface area contributed by atoms with Crippen LogP contribution < -0.4 is 10.6 Å². The fourth-order valence-electron chi connectivity index (χ4n) is 7.11. The van der Waals surface area contributed by atoms with Crippen molar-refractivity contribution in [2.75, 3.05) is 39.3 Å². The third-order valence-electron chi connectivity index (χ3n) is 9.89. The normalized spacial score (nSPS) is 18.3. The van der Waals surface area contributed by atoms with Crippen LogP contribution in [0.3, 0.4) is 0 Å². The third kappa shape index (κ3) is 17.1. The molecule has 0 spiro atoms. The number of nitrogens with one attached hydrogen (secondary N) is 2. The van der Waals surface area contributed by atoms with Crippen LogP contribution >= 0.6 is 0 Å². The van der Waals surface area contributed by atoms with Gasteiger partial charge >= 0.3 is 0 Å². The summed E-state index contributed by atoms with van der Waals surface area (Å²) in [4.78, 5) is 5.79. The van der Waals surface area contributed by atoms with E-state index < -0.39 is 0 Å². The highest BCUT2D eigenvalue weighted by Crippen LogP contribution is 2.24. The van der Waals surface area contributed by atoms with Gasteiger partial charge in [-0.15, -0.1) is 0 Å². The summed E-state index contributed by atoms with van der Waals surface area (Å²) < 4.78 is 0. The highest BCUT2D eigenvalue weighted by molar-refractivity contribution is 4.86. The number of hydrogen-bond donors (Lipinski definition) is 2. The zero-order valence-corrected chi connectivity index (χ0v) is 27.8. The molecule has 40 heavy (non-hydrogen) atoms. The standard InChI is InChI=1S/C36H74N4/c1-4-7-10-13-16-17-20-23-36(39-30-24-34(25-31-39)37-28-21-18-14-11-8-5-2)40-32-26-35(27-33-40)38-29-22-19-15-12-9-6-3/h34-38H,4-33H2,1-3H3. The van der Waals surface area contributed by atoms with Gasteiger partial charge in [-0.1, -0.05) is 130 Å². The van der Waals surface area contributed by atoms with E-state index in [-0.39, 0.29) is 0 Å². The van der Waals surface area contributed by atoms with Gasteiger partial charge in [0.2, 0.25) is 0 Å². The molecule has 2 fully saturated rings. The molecule has 2 saturated heterocycles. The van der Waals surface area contributed by atoms with Crippen molar-refractivity contribution in [3.8, 4) is 0 Å². The van der Waals surface area contributed by atoms with Gasteiger partial charge in [0, 0.05) is 38.3 Å². The lowest BCUT2D eigenvalue weighted by Gasteiger charge is -2.46. The Morgan fingerprint density at radius 3 is 1.15 bits per heavy atom. The number of unbranched alkanes of at least 4 members (excludes halogenated alkanes) is 16. The summed E-state index contributed by atoms with van der Waals surface area (Å²) in [6, 6.07) is 1.51. The molecule has 2 rings (SSSR count). The Labute approximate surface area is 252 Å². The second-order valence-electron chi connectivity index (χ2n) is 13.5. The smallest absolute Gasteiger partial charge is 0.0622 e. The molecule has 0 aromatic carbocycles. The quantitative estimate of drug-likeness (QED) is 0.103. The van der Waals surface area contributed by atoms with Crippen molar-refractivity contribution < 1.29 is 0 Å². The van der Waals surface area contributed by atoms with Crippen molar-refractivity contribution in [1.29, 1.82) is 0 Å². The van der Waals surface area contributed by atoms with Crippen molar-refractivity contribution in [2.24, 2.45) is 0 Å². The van der Waals surface area contributed by atoms with Gasteiger partial charge in [0.25, 0.3) is 0 Å². The van der Waals surface area contributed by atoms with E-state index in [0.717, 1.165) is 12.1 Å². The van der Waals surface area contributed by atoms with E-state index in [1.165, 1.54) is 193 Å². The minimum absolute atomic E-state index is 0.690. The Hall–Kier alpha value is -0.160. The molecule has 2 heterocycles. The molecule has 0 unspecified atom stereocenters. The van der Waals surface area contributed by atoms with Crippen molar-refractivity contribution in [3.63, 3.8) is 0 Å². The van der Waals surface area contributed by atoms with Crippen molar-refractivity contribution in [2.45, 2.75) is 193 Å². The van der Waals surface area contributed by atoms with E-state index in [2.05, 4.69) is 41.2 Å². The molecule has 4 heteroatoms. The lowest BCUT2D eigenvalue weighted by atomic mass is 9.99. The van der Waals surface area contributed by atoms with Crippen LogP contribution in [-0.2, 0) is 0 Å². The summed E-state index contributed by atoms with van der Waals surface area (Å²) in [6.07, 6.45) is 34.3. The first kappa shape index (κ1) is 36.0. The first-order valence-corrected chi connectivity index (χ1v) is 18.7.